The van der Waals surface area contributed by atoms with Crippen molar-refractivity contribution in [1.82, 2.24) is 19.9 Å². The Morgan fingerprint density at radius 3 is 2.60 bits per heavy atom. The molecule has 0 aliphatic rings. The van der Waals surface area contributed by atoms with Crippen LogP contribution in [0.25, 0.3) is 11.5 Å². The van der Waals surface area contributed by atoms with E-state index in [1.807, 2.05) is 6.92 Å². The molecule has 0 bridgehead atoms. The summed E-state index contributed by atoms with van der Waals surface area (Å²) in [5.41, 5.74) is 2.87. The van der Waals surface area contributed by atoms with E-state index in [-0.39, 0.29) is 0 Å². The number of nitrogens with one attached hydrogen (secondary N) is 1. The van der Waals surface area contributed by atoms with Crippen molar-refractivity contribution in [3.63, 3.8) is 0 Å². The second kappa shape index (κ2) is 6.41. The fourth-order valence-corrected chi connectivity index (χ4v) is 2.18. The summed E-state index contributed by atoms with van der Waals surface area (Å²) in [5.74, 6) is 1.92. The first-order valence-electron chi connectivity index (χ1n) is 7.02. The average molecular weight is 271 g/mol. The van der Waals surface area contributed by atoms with E-state index in [0.29, 0.717) is 17.4 Å². The minimum Gasteiger partial charge on any atom is -0.370 e. The highest BCUT2D eigenvalue weighted by molar-refractivity contribution is 5.56. The summed E-state index contributed by atoms with van der Waals surface area (Å²) in [6.45, 7) is 9.37. The lowest BCUT2D eigenvalue weighted by molar-refractivity contribution is 0.825. The molecule has 2 rings (SSSR count). The molecule has 2 aromatic heterocycles. The van der Waals surface area contributed by atoms with Crippen molar-refractivity contribution in [2.45, 2.75) is 40.0 Å². The monoisotopic (exact) mass is 271 g/mol. The van der Waals surface area contributed by atoms with Gasteiger partial charge < -0.3 is 5.32 Å². The molecule has 0 unspecified atom stereocenters. The van der Waals surface area contributed by atoms with Crippen LogP contribution < -0.4 is 5.32 Å². The molecule has 0 atom stereocenters. The number of nitrogens with zero attached hydrogens (tertiary/aromatic N) is 4. The van der Waals surface area contributed by atoms with Crippen LogP contribution in [0.1, 0.15) is 44.4 Å². The van der Waals surface area contributed by atoms with Gasteiger partial charge in [0.25, 0.3) is 0 Å². The van der Waals surface area contributed by atoms with Gasteiger partial charge in [0, 0.05) is 30.2 Å². The van der Waals surface area contributed by atoms with Crippen LogP contribution >= 0.6 is 0 Å². The normalized spacial score (nSPS) is 10.8. The zero-order valence-corrected chi connectivity index (χ0v) is 12.5. The molecule has 20 heavy (non-hydrogen) atoms. The van der Waals surface area contributed by atoms with Gasteiger partial charge in [-0.1, -0.05) is 20.8 Å². The molecule has 5 nitrogen and oxygen atoms in total. The van der Waals surface area contributed by atoms with Crippen LogP contribution in [-0.2, 0) is 0 Å². The fraction of sp³-hybridized carbons (Fsp3) is 0.467. The van der Waals surface area contributed by atoms with E-state index in [4.69, 9.17) is 0 Å². The van der Waals surface area contributed by atoms with E-state index in [9.17, 15) is 0 Å². The van der Waals surface area contributed by atoms with Crippen molar-refractivity contribution in [3.05, 3.63) is 29.8 Å². The zero-order valence-electron chi connectivity index (χ0n) is 12.5. The maximum Gasteiger partial charge on any atom is 0.182 e. The summed E-state index contributed by atoms with van der Waals surface area (Å²) in [6, 6.07) is 0. The van der Waals surface area contributed by atoms with Crippen molar-refractivity contribution in [3.8, 4) is 11.5 Å². The topological polar surface area (TPSA) is 63.6 Å². The lowest BCUT2D eigenvalue weighted by atomic mass is 10.0. The summed E-state index contributed by atoms with van der Waals surface area (Å²) in [4.78, 5) is 17.6. The molecule has 0 radical (unpaired) electrons. The maximum atomic E-state index is 4.64. The molecular weight excluding hydrogens is 250 g/mol. The number of aryl methyl sites for hydroxylation is 1. The van der Waals surface area contributed by atoms with Gasteiger partial charge in [0.2, 0.25) is 0 Å². The van der Waals surface area contributed by atoms with E-state index >= 15 is 0 Å². The Kier molecular flexibility index (Phi) is 4.61. The quantitative estimate of drug-likeness (QED) is 0.904. The summed E-state index contributed by atoms with van der Waals surface area (Å²) in [7, 11) is 0. The number of rotatable bonds is 5. The van der Waals surface area contributed by atoms with Crippen LogP contribution in [0.4, 0.5) is 5.82 Å². The van der Waals surface area contributed by atoms with Crippen molar-refractivity contribution >= 4 is 5.82 Å². The Morgan fingerprint density at radius 1 is 1.20 bits per heavy atom. The lowest BCUT2D eigenvalue weighted by Crippen LogP contribution is -2.11. The zero-order chi connectivity index (χ0) is 14.5. The highest BCUT2D eigenvalue weighted by atomic mass is 15.0. The van der Waals surface area contributed by atoms with Gasteiger partial charge in [-0.05, 0) is 19.3 Å². The van der Waals surface area contributed by atoms with E-state index in [1.54, 1.807) is 18.6 Å². The molecule has 0 aliphatic heterocycles. The second-order valence-corrected chi connectivity index (χ2v) is 5.07. The smallest absolute Gasteiger partial charge is 0.182 e. The van der Waals surface area contributed by atoms with E-state index in [0.717, 1.165) is 24.5 Å². The van der Waals surface area contributed by atoms with Crippen molar-refractivity contribution in [1.29, 1.82) is 0 Å². The fourth-order valence-electron chi connectivity index (χ4n) is 2.18. The number of anilines is 1. The summed E-state index contributed by atoms with van der Waals surface area (Å²) in [5, 5.41) is 3.40. The van der Waals surface area contributed by atoms with Crippen LogP contribution in [0.15, 0.2) is 18.6 Å². The Hall–Kier alpha value is -2.04. The Labute approximate surface area is 119 Å². The highest BCUT2D eigenvalue weighted by Gasteiger charge is 2.15. The molecule has 0 fully saturated rings. The molecule has 0 saturated heterocycles. The first-order chi connectivity index (χ1) is 9.63. The van der Waals surface area contributed by atoms with Crippen LogP contribution in [0.3, 0.4) is 0 Å². The summed E-state index contributed by atoms with van der Waals surface area (Å²) in [6.07, 6.45) is 6.05. The summed E-state index contributed by atoms with van der Waals surface area (Å²) < 4.78 is 0. The number of hydrogen-bond donors (Lipinski definition) is 1. The largest absolute Gasteiger partial charge is 0.370 e. The van der Waals surface area contributed by atoms with Gasteiger partial charge in [0.05, 0.1) is 6.20 Å². The van der Waals surface area contributed by atoms with Crippen molar-refractivity contribution in [2.24, 2.45) is 0 Å². The molecule has 106 valence electrons. The third-order valence-corrected chi connectivity index (χ3v) is 3.05. The summed E-state index contributed by atoms with van der Waals surface area (Å²) >= 11 is 0. The minimum absolute atomic E-state index is 0.380. The molecule has 0 aromatic carbocycles. The van der Waals surface area contributed by atoms with Gasteiger partial charge in [-0.25, -0.2) is 15.0 Å². The molecule has 2 heterocycles. The third-order valence-electron chi connectivity index (χ3n) is 3.05. The first-order valence-corrected chi connectivity index (χ1v) is 7.02. The number of hydrogen-bond acceptors (Lipinski definition) is 5. The Morgan fingerprint density at radius 2 is 2.00 bits per heavy atom. The lowest BCUT2D eigenvalue weighted by Gasteiger charge is -2.16. The van der Waals surface area contributed by atoms with Crippen LogP contribution in [0.5, 0.6) is 0 Å². The molecule has 0 saturated carbocycles. The Balaban J connectivity index is 2.49. The number of aromatic nitrogens is 4. The van der Waals surface area contributed by atoms with Gasteiger partial charge in [-0.15, -0.1) is 0 Å². The van der Waals surface area contributed by atoms with Crippen molar-refractivity contribution in [2.75, 3.05) is 11.9 Å². The van der Waals surface area contributed by atoms with E-state index < -0.39 is 0 Å². The van der Waals surface area contributed by atoms with Crippen LogP contribution in [0, 0.1) is 6.92 Å². The molecular formula is C15H21N5. The standard InChI is InChI=1S/C15H21N5/c1-5-6-18-15-13(10(2)3)11(4)19-14(20-15)12-9-16-7-8-17-12/h7-10H,5-6H2,1-4H3,(H,18,19,20). The maximum absolute atomic E-state index is 4.64. The molecule has 0 amide bonds. The molecule has 2 aromatic rings. The van der Waals surface area contributed by atoms with Gasteiger partial charge in [-0.3, -0.25) is 4.98 Å². The van der Waals surface area contributed by atoms with E-state index in [1.165, 1.54) is 5.56 Å². The predicted octanol–water partition coefficient (Wildman–Crippen LogP) is 3.19. The highest BCUT2D eigenvalue weighted by Crippen LogP contribution is 2.27. The van der Waals surface area contributed by atoms with Crippen LogP contribution in [0.2, 0.25) is 0 Å². The second-order valence-electron chi connectivity index (χ2n) is 5.07. The molecule has 1 N–H and O–H groups in total. The van der Waals surface area contributed by atoms with Gasteiger partial charge in [0.1, 0.15) is 11.5 Å². The third kappa shape index (κ3) is 3.10. The average Bonchev–Trinajstić information content (AvgIpc) is 2.45. The van der Waals surface area contributed by atoms with Gasteiger partial charge >= 0.3 is 0 Å². The van der Waals surface area contributed by atoms with Gasteiger partial charge in [0.15, 0.2) is 5.82 Å². The Bertz CT molecular complexity index is 566. The minimum atomic E-state index is 0.380. The molecule has 0 spiro atoms. The first kappa shape index (κ1) is 14.4. The van der Waals surface area contributed by atoms with Gasteiger partial charge in [-0.2, -0.15) is 0 Å². The van der Waals surface area contributed by atoms with Crippen LogP contribution in [-0.4, -0.2) is 26.5 Å². The van der Waals surface area contributed by atoms with E-state index in [2.05, 4.69) is 46.0 Å². The molecule has 5 heteroatoms. The predicted molar refractivity (Wildman–Crippen MR) is 80.7 cm³/mol. The van der Waals surface area contributed by atoms with Crippen molar-refractivity contribution < 1.29 is 0 Å². The molecule has 0 aliphatic carbocycles. The SMILES string of the molecule is CCCNc1nc(-c2cnccn2)nc(C)c1C(C)C.